The van der Waals surface area contributed by atoms with Crippen LogP contribution >= 0.6 is 0 Å². The van der Waals surface area contributed by atoms with Crippen molar-refractivity contribution >= 4 is 11.7 Å². The Labute approximate surface area is 217 Å². The number of carbonyl (C=O) groups excluding carboxylic acids is 1. The van der Waals surface area contributed by atoms with Crippen LogP contribution in [-0.4, -0.2) is 31.2 Å². The monoisotopic (exact) mass is 494 g/mol. The largest absolute Gasteiger partial charge is 0.473 e. The zero-order valence-corrected chi connectivity index (χ0v) is 20.9. The van der Waals surface area contributed by atoms with E-state index in [0.717, 1.165) is 40.9 Å². The van der Waals surface area contributed by atoms with Gasteiger partial charge in [-0.3, -0.25) is 4.79 Å². The van der Waals surface area contributed by atoms with Gasteiger partial charge in [0.05, 0.1) is 13.0 Å². The van der Waals surface area contributed by atoms with Crippen LogP contribution in [0.4, 0.5) is 5.69 Å². The zero-order chi connectivity index (χ0) is 25.5. The Bertz CT molecular complexity index is 1310. The molecule has 1 aliphatic heterocycles. The molecule has 1 saturated heterocycles. The van der Waals surface area contributed by atoms with Crippen molar-refractivity contribution in [1.29, 1.82) is 0 Å². The molecule has 37 heavy (non-hydrogen) atoms. The van der Waals surface area contributed by atoms with Gasteiger partial charge in [0.2, 0.25) is 11.8 Å². The summed E-state index contributed by atoms with van der Waals surface area (Å²) in [5, 5.41) is 0. The normalized spacial score (nSPS) is 14.8. The number of hydrogen-bond acceptors (Lipinski definition) is 6. The van der Waals surface area contributed by atoms with Crippen LogP contribution in [0, 0.1) is 5.92 Å². The Hall–Kier alpha value is -4.32. The number of anilines is 1. The maximum atomic E-state index is 11.9. The highest BCUT2D eigenvalue weighted by Crippen LogP contribution is 2.33. The molecule has 5 rings (SSSR count). The van der Waals surface area contributed by atoms with Crippen molar-refractivity contribution in [2.24, 2.45) is 5.92 Å². The molecule has 1 atom stereocenters. The summed E-state index contributed by atoms with van der Waals surface area (Å²) in [6.45, 7) is 2.35. The molecule has 1 fully saturated rings. The van der Waals surface area contributed by atoms with E-state index >= 15 is 0 Å². The van der Waals surface area contributed by atoms with E-state index in [1.54, 1.807) is 0 Å². The van der Waals surface area contributed by atoms with Gasteiger partial charge in [-0.25, -0.2) is 0 Å². The molecular formula is C31H30N2O4. The van der Waals surface area contributed by atoms with Gasteiger partial charge in [-0.1, -0.05) is 72.8 Å². The molecule has 4 aromatic rings. The SMILES string of the molecule is COC(=O)[C@@H]1CCN(c2ccc(-c3ccc(OCc4ccccc4)nc3OCc3ccccc3)cc2)C1. The minimum atomic E-state index is -0.139. The van der Waals surface area contributed by atoms with Crippen LogP contribution in [0.5, 0.6) is 11.8 Å². The predicted octanol–water partition coefficient (Wildman–Crippen LogP) is 5.91. The Morgan fingerprint density at radius 1 is 0.838 bits per heavy atom. The highest BCUT2D eigenvalue weighted by molar-refractivity contribution is 5.75. The van der Waals surface area contributed by atoms with E-state index in [9.17, 15) is 4.79 Å². The minimum Gasteiger partial charge on any atom is -0.473 e. The Balaban J connectivity index is 1.35. The summed E-state index contributed by atoms with van der Waals surface area (Å²) in [4.78, 5) is 18.8. The van der Waals surface area contributed by atoms with Crippen molar-refractivity contribution in [3.05, 3.63) is 108 Å². The van der Waals surface area contributed by atoms with E-state index in [-0.39, 0.29) is 11.9 Å². The number of rotatable bonds is 9. The van der Waals surface area contributed by atoms with E-state index < -0.39 is 0 Å². The van der Waals surface area contributed by atoms with Crippen molar-refractivity contribution < 1.29 is 19.0 Å². The van der Waals surface area contributed by atoms with Crippen LogP contribution in [0.3, 0.4) is 0 Å². The number of hydrogen-bond donors (Lipinski definition) is 0. The van der Waals surface area contributed by atoms with Gasteiger partial charge in [0, 0.05) is 30.4 Å². The number of methoxy groups -OCH3 is 1. The molecule has 6 nitrogen and oxygen atoms in total. The number of carbonyl (C=O) groups is 1. The second-order valence-electron chi connectivity index (χ2n) is 9.05. The lowest BCUT2D eigenvalue weighted by atomic mass is 10.1. The first-order valence-electron chi connectivity index (χ1n) is 12.5. The van der Waals surface area contributed by atoms with Gasteiger partial charge in [-0.15, -0.1) is 0 Å². The van der Waals surface area contributed by atoms with E-state index in [1.807, 2.05) is 72.8 Å². The van der Waals surface area contributed by atoms with Crippen molar-refractivity contribution in [3.63, 3.8) is 0 Å². The molecule has 3 aromatic carbocycles. The molecule has 0 bridgehead atoms. The third-order valence-corrected chi connectivity index (χ3v) is 6.55. The molecule has 1 aromatic heterocycles. The van der Waals surface area contributed by atoms with Crippen LogP contribution in [0.15, 0.2) is 97.1 Å². The zero-order valence-electron chi connectivity index (χ0n) is 20.9. The quantitative estimate of drug-likeness (QED) is 0.270. The van der Waals surface area contributed by atoms with Crippen LogP contribution in [-0.2, 0) is 22.7 Å². The van der Waals surface area contributed by atoms with Crippen LogP contribution < -0.4 is 14.4 Å². The third kappa shape index (κ3) is 6.09. The summed E-state index contributed by atoms with van der Waals surface area (Å²) < 4.78 is 17.1. The number of ether oxygens (including phenoxy) is 3. The van der Waals surface area contributed by atoms with Gasteiger partial charge in [-0.05, 0) is 41.3 Å². The van der Waals surface area contributed by atoms with E-state index in [4.69, 9.17) is 19.2 Å². The maximum Gasteiger partial charge on any atom is 0.310 e. The highest BCUT2D eigenvalue weighted by Gasteiger charge is 2.29. The summed E-state index contributed by atoms with van der Waals surface area (Å²) in [6, 6.07) is 32.2. The van der Waals surface area contributed by atoms with Crippen molar-refractivity contribution in [3.8, 4) is 22.9 Å². The molecule has 0 spiro atoms. The lowest BCUT2D eigenvalue weighted by Gasteiger charge is -2.19. The summed E-state index contributed by atoms with van der Waals surface area (Å²) in [7, 11) is 1.45. The molecular weight excluding hydrogens is 464 g/mol. The first-order valence-corrected chi connectivity index (χ1v) is 12.5. The minimum absolute atomic E-state index is 0.0738. The van der Waals surface area contributed by atoms with Gasteiger partial charge < -0.3 is 19.1 Å². The van der Waals surface area contributed by atoms with Gasteiger partial charge in [0.25, 0.3) is 0 Å². The third-order valence-electron chi connectivity index (χ3n) is 6.55. The van der Waals surface area contributed by atoms with Crippen molar-refractivity contribution in [2.75, 3.05) is 25.1 Å². The topological polar surface area (TPSA) is 60.9 Å². The molecule has 0 saturated carbocycles. The summed E-state index contributed by atoms with van der Waals surface area (Å²) >= 11 is 0. The number of benzene rings is 3. The fourth-order valence-electron chi connectivity index (χ4n) is 4.50. The second kappa shape index (κ2) is 11.6. The molecule has 188 valence electrons. The van der Waals surface area contributed by atoms with Crippen LogP contribution in [0.25, 0.3) is 11.1 Å². The molecule has 0 N–H and O–H groups in total. The molecule has 0 unspecified atom stereocenters. The van der Waals surface area contributed by atoms with E-state index in [0.29, 0.717) is 31.5 Å². The first-order chi connectivity index (χ1) is 18.2. The summed E-state index contributed by atoms with van der Waals surface area (Å²) in [6.07, 6.45) is 0.806. The van der Waals surface area contributed by atoms with E-state index in [1.165, 1.54) is 7.11 Å². The van der Waals surface area contributed by atoms with Gasteiger partial charge in [0.15, 0.2) is 0 Å². The van der Waals surface area contributed by atoms with E-state index in [2.05, 4.69) is 29.2 Å². The summed E-state index contributed by atoms with van der Waals surface area (Å²) in [5.41, 5.74) is 5.11. The Kier molecular flexibility index (Phi) is 7.65. The Morgan fingerprint density at radius 2 is 1.49 bits per heavy atom. The van der Waals surface area contributed by atoms with Gasteiger partial charge in [0.1, 0.15) is 13.2 Å². The fraction of sp³-hybridized carbons (Fsp3) is 0.226. The van der Waals surface area contributed by atoms with Gasteiger partial charge >= 0.3 is 5.97 Å². The molecule has 2 heterocycles. The molecule has 6 heteroatoms. The van der Waals surface area contributed by atoms with Gasteiger partial charge in [-0.2, -0.15) is 4.98 Å². The maximum absolute atomic E-state index is 11.9. The van der Waals surface area contributed by atoms with Crippen molar-refractivity contribution in [1.82, 2.24) is 4.98 Å². The number of nitrogens with zero attached hydrogens (tertiary/aromatic N) is 2. The smallest absolute Gasteiger partial charge is 0.310 e. The van der Waals surface area contributed by atoms with Crippen molar-refractivity contribution in [2.45, 2.75) is 19.6 Å². The predicted molar refractivity (Wildman–Crippen MR) is 144 cm³/mol. The number of pyridine rings is 1. The standard InChI is InChI=1S/C31H30N2O4/c1-35-31(34)26-18-19-33(20-26)27-14-12-25(13-15-27)28-16-17-29(36-21-23-8-4-2-5-9-23)32-30(28)37-22-24-10-6-3-7-11-24/h2-17,26H,18-22H2,1H3/t26-/m1/s1. The average Bonchev–Trinajstić information content (AvgIpc) is 3.46. The number of aromatic nitrogens is 1. The molecule has 0 radical (unpaired) electrons. The highest BCUT2D eigenvalue weighted by atomic mass is 16.5. The first kappa shape index (κ1) is 24.4. The van der Waals surface area contributed by atoms with Crippen LogP contribution in [0.2, 0.25) is 0 Å². The second-order valence-corrected chi connectivity index (χ2v) is 9.05. The number of esters is 1. The lowest BCUT2D eigenvalue weighted by molar-refractivity contribution is -0.144. The fourth-order valence-corrected chi connectivity index (χ4v) is 4.50. The molecule has 1 aliphatic rings. The molecule has 0 aliphatic carbocycles. The summed E-state index contributed by atoms with van der Waals surface area (Å²) in [5.74, 6) is 0.822. The molecule has 0 amide bonds. The lowest BCUT2D eigenvalue weighted by Crippen LogP contribution is -2.23. The average molecular weight is 495 g/mol. The van der Waals surface area contributed by atoms with Crippen LogP contribution in [0.1, 0.15) is 17.5 Å². The Morgan fingerprint density at radius 3 is 2.14 bits per heavy atom.